The van der Waals surface area contributed by atoms with Gasteiger partial charge in [0.25, 0.3) is 0 Å². The topological polar surface area (TPSA) is 214 Å². The maximum absolute atomic E-state index is 14.5. The fourth-order valence-electron chi connectivity index (χ4n) is 8.77. The van der Waals surface area contributed by atoms with Crippen molar-refractivity contribution in [2.24, 2.45) is 11.8 Å². The Morgan fingerprint density at radius 1 is 0.658 bits per heavy atom. The third kappa shape index (κ3) is 18.1. The summed E-state index contributed by atoms with van der Waals surface area (Å²) in [6.07, 6.45) is -15.1. The third-order valence-electron chi connectivity index (χ3n) is 13.2. The number of alkyl carbamates (subject to hydrolysis) is 1. The van der Waals surface area contributed by atoms with Crippen LogP contribution in [0.3, 0.4) is 0 Å². The summed E-state index contributed by atoms with van der Waals surface area (Å²) >= 11 is 0. The molecule has 0 spiro atoms. The number of halogens is 6. The van der Waals surface area contributed by atoms with E-state index in [4.69, 9.17) is 37.9 Å². The fourth-order valence-corrected chi connectivity index (χ4v) is 8.77. The van der Waals surface area contributed by atoms with E-state index < -0.39 is 114 Å². The molecule has 6 N–H and O–H groups in total. The van der Waals surface area contributed by atoms with Crippen molar-refractivity contribution in [3.63, 3.8) is 0 Å². The molecule has 18 nitrogen and oxygen atoms in total. The molecule has 24 heteroatoms. The van der Waals surface area contributed by atoms with Crippen LogP contribution in [0.15, 0.2) is 97.1 Å². The summed E-state index contributed by atoms with van der Waals surface area (Å²) in [7, 11) is 3.06. The van der Waals surface area contributed by atoms with Gasteiger partial charge in [-0.05, 0) is 111 Å². The second kappa shape index (κ2) is 27.3. The highest BCUT2D eigenvalue weighted by atomic mass is 19.4. The van der Waals surface area contributed by atoms with E-state index in [-0.39, 0.29) is 50.8 Å². The Labute approximate surface area is 454 Å². The third-order valence-corrected chi connectivity index (χ3v) is 13.2. The number of methoxy groups -OCH3 is 2. The Bertz CT molecular complexity index is 2640. The average molecular weight is 1120 g/mol. The van der Waals surface area contributed by atoms with Gasteiger partial charge >= 0.3 is 30.5 Å². The Balaban J connectivity index is 1.38. The summed E-state index contributed by atoms with van der Waals surface area (Å²) in [4.78, 5) is 55.5. The van der Waals surface area contributed by atoms with Crippen LogP contribution in [0.1, 0.15) is 70.2 Å². The molecular formula is C55H68F6N6O12. The van der Waals surface area contributed by atoms with E-state index in [9.17, 15) is 45.5 Å². The lowest BCUT2D eigenvalue weighted by Crippen LogP contribution is -2.69. The van der Waals surface area contributed by atoms with Crippen molar-refractivity contribution in [2.75, 3.05) is 44.7 Å². The van der Waals surface area contributed by atoms with E-state index in [1.807, 2.05) is 19.1 Å². The summed E-state index contributed by atoms with van der Waals surface area (Å²) in [5.41, 5.74) is -1.84. The van der Waals surface area contributed by atoms with Gasteiger partial charge in [0.05, 0.1) is 82.6 Å². The number of alkyl halides is 6. The molecule has 0 bridgehead atoms. The van der Waals surface area contributed by atoms with Gasteiger partial charge in [0.2, 0.25) is 5.91 Å². The zero-order chi connectivity index (χ0) is 57.7. The first-order valence-corrected chi connectivity index (χ1v) is 25.5. The Morgan fingerprint density at radius 2 is 1.16 bits per heavy atom. The molecule has 4 aromatic rings. The lowest BCUT2D eigenvalue weighted by atomic mass is 9.82. The lowest BCUT2D eigenvalue weighted by molar-refractivity contribution is -0.277. The molecule has 432 valence electrons. The van der Waals surface area contributed by atoms with Crippen LogP contribution in [0.25, 0.3) is 0 Å². The van der Waals surface area contributed by atoms with Crippen LogP contribution in [-0.4, -0.2) is 112 Å². The van der Waals surface area contributed by atoms with Gasteiger partial charge in [-0.25, -0.2) is 14.4 Å². The maximum atomic E-state index is 14.5. The Kier molecular flexibility index (Phi) is 21.2. The molecule has 6 rings (SSSR count). The van der Waals surface area contributed by atoms with E-state index in [1.165, 1.54) is 26.4 Å². The molecule has 4 aromatic carbocycles. The van der Waals surface area contributed by atoms with E-state index in [0.29, 0.717) is 11.5 Å². The quantitative estimate of drug-likeness (QED) is 0.0457. The minimum atomic E-state index is -4.74. The molecule has 2 aliphatic heterocycles. The first kappa shape index (κ1) is 61.4. The van der Waals surface area contributed by atoms with E-state index in [0.717, 1.165) is 47.5 Å². The summed E-state index contributed by atoms with van der Waals surface area (Å²) in [5.74, 6) is -0.484. The highest BCUT2D eigenvalue weighted by Gasteiger charge is 2.50. The number of anilines is 2. The zero-order valence-electron chi connectivity index (χ0n) is 44.9. The maximum Gasteiger partial charge on any atom is 0.416 e. The summed E-state index contributed by atoms with van der Waals surface area (Å²) in [6.45, 7) is 9.79. The van der Waals surface area contributed by atoms with Crippen LogP contribution in [0.2, 0.25) is 0 Å². The summed E-state index contributed by atoms with van der Waals surface area (Å²) in [5, 5.41) is 15.9. The van der Waals surface area contributed by atoms with Gasteiger partial charge in [-0.1, -0.05) is 57.2 Å². The number of urea groups is 2. The molecule has 10 atom stereocenters. The molecule has 79 heavy (non-hydrogen) atoms. The van der Waals surface area contributed by atoms with Crippen molar-refractivity contribution in [2.45, 2.75) is 128 Å². The van der Waals surface area contributed by atoms with Crippen LogP contribution in [0.5, 0.6) is 11.5 Å². The monoisotopic (exact) mass is 1120 g/mol. The molecular weight excluding hydrogens is 1050 g/mol. The number of hydrogen-bond donors (Lipinski definition) is 6. The van der Waals surface area contributed by atoms with Crippen molar-refractivity contribution >= 4 is 35.4 Å². The van der Waals surface area contributed by atoms with Gasteiger partial charge in [0.1, 0.15) is 35.3 Å². The van der Waals surface area contributed by atoms with Gasteiger partial charge < -0.3 is 69.8 Å². The number of ether oxygens (including phenoxy) is 8. The van der Waals surface area contributed by atoms with Crippen LogP contribution < -0.4 is 41.4 Å². The highest BCUT2D eigenvalue weighted by Crippen LogP contribution is 2.36. The molecule has 0 aromatic heterocycles. The van der Waals surface area contributed by atoms with Gasteiger partial charge in [0.15, 0.2) is 6.29 Å². The molecule has 2 aliphatic rings. The van der Waals surface area contributed by atoms with Crippen LogP contribution in [0, 0.1) is 11.8 Å². The standard InChI is InChI=1S/C55H68F6N6O12/c1-9-41(65-52(71)79-53(4,5)6)48(68)66-46-44(30-75-27-34-18-22-40(73-8)23-19-34)76-28-42(64-50(69)62-37-14-10-12-35(24-37)54(56,57)58)47(46)78-49-45(67-51(70)63-38-15-11-13-36(25-38)55(59,60)61)32(3)31(2)43(77-49)29-74-26-33-16-20-39(72-7)21-17-33/h10-25,31-32,41-47,49H,9,26-30H2,1-8H3,(H,65,71)(H,66,68)(H2,62,64,69)(H2,63,67,70)/t31-,32+,41+,42?,43?,44?,45?,46+,47-,49+/m1/s1. The summed E-state index contributed by atoms with van der Waals surface area (Å²) < 4.78 is 131. The molecule has 6 amide bonds. The number of nitrogens with one attached hydrogen (secondary N) is 6. The number of carbonyl (C=O) groups excluding carboxylic acids is 4. The second-order valence-electron chi connectivity index (χ2n) is 20.1. The molecule has 0 saturated carbocycles. The van der Waals surface area contributed by atoms with Crippen molar-refractivity contribution in [3.8, 4) is 11.5 Å². The van der Waals surface area contributed by atoms with Gasteiger partial charge in [-0.3, -0.25) is 4.79 Å². The number of rotatable bonds is 20. The second-order valence-corrected chi connectivity index (χ2v) is 20.1. The largest absolute Gasteiger partial charge is 0.497 e. The van der Waals surface area contributed by atoms with Crippen LogP contribution in [0.4, 0.5) is 52.1 Å². The number of carbonyl (C=O) groups is 4. The molecule has 2 fully saturated rings. The Hall–Kier alpha value is -6.86. The Morgan fingerprint density at radius 3 is 1.65 bits per heavy atom. The van der Waals surface area contributed by atoms with Crippen molar-refractivity contribution in [1.29, 1.82) is 0 Å². The highest BCUT2D eigenvalue weighted by molar-refractivity contribution is 5.90. The first-order valence-electron chi connectivity index (χ1n) is 25.5. The van der Waals surface area contributed by atoms with E-state index in [2.05, 4.69) is 31.9 Å². The van der Waals surface area contributed by atoms with Gasteiger partial charge in [-0.2, -0.15) is 26.3 Å². The van der Waals surface area contributed by atoms with Crippen molar-refractivity contribution < 1.29 is 83.4 Å². The van der Waals surface area contributed by atoms with Crippen molar-refractivity contribution in [1.82, 2.24) is 21.3 Å². The first-order chi connectivity index (χ1) is 37.3. The number of amides is 6. The van der Waals surface area contributed by atoms with Crippen LogP contribution in [-0.2, 0) is 58.8 Å². The van der Waals surface area contributed by atoms with Gasteiger partial charge in [0, 0.05) is 11.4 Å². The minimum Gasteiger partial charge on any atom is -0.497 e. The predicted octanol–water partition coefficient (Wildman–Crippen LogP) is 9.42. The van der Waals surface area contributed by atoms with Crippen LogP contribution >= 0.6 is 0 Å². The number of benzene rings is 4. The molecule has 2 heterocycles. The minimum absolute atomic E-state index is 0.0219. The molecule has 4 unspecified atom stereocenters. The van der Waals surface area contributed by atoms with E-state index >= 15 is 0 Å². The normalized spacial score (nSPS) is 22.8. The molecule has 2 saturated heterocycles. The lowest BCUT2D eigenvalue weighted by Gasteiger charge is -2.49. The molecule has 0 aliphatic carbocycles. The smallest absolute Gasteiger partial charge is 0.416 e. The van der Waals surface area contributed by atoms with E-state index in [1.54, 1.807) is 71.0 Å². The fraction of sp³-hybridized carbons (Fsp3) is 0.491. The molecule has 0 radical (unpaired) electrons. The van der Waals surface area contributed by atoms with Crippen molar-refractivity contribution in [3.05, 3.63) is 119 Å². The van der Waals surface area contributed by atoms with Gasteiger partial charge in [-0.15, -0.1) is 0 Å². The zero-order valence-corrected chi connectivity index (χ0v) is 44.9. The SMILES string of the molecule is CC[C@H](NC(=O)OC(C)(C)C)C(=O)N[C@H]1C(COCc2ccc(OC)cc2)OCC(NC(=O)Nc2cccc(C(F)(F)F)c2)[C@H]1O[C@@H]1OC(COCc2ccc(OC)cc2)[C@H](C)[C@H](C)C1NC(=O)Nc1cccc(C(F)(F)F)c1. The summed E-state index contributed by atoms with van der Waals surface area (Å²) in [6, 6.07) is 15.3. The number of hydrogen-bond acceptors (Lipinski definition) is 12. The predicted molar refractivity (Wildman–Crippen MR) is 277 cm³/mol. The average Bonchev–Trinajstić information content (AvgIpc) is 3.43.